The van der Waals surface area contributed by atoms with Gasteiger partial charge in [0.2, 0.25) is 5.78 Å². The number of ketones is 1. The van der Waals surface area contributed by atoms with Gasteiger partial charge in [-0.05, 0) is 48.5 Å². The van der Waals surface area contributed by atoms with E-state index in [0.29, 0.717) is 0 Å². The molecule has 0 spiro atoms. The van der Waals surface area contributed by atoms with Crippen molar-refractivity contribution in [1.29, 1.82) is 0 Å². The van der Waals surface area contributed by atoms with E-state index in [9.17, 15) is 28.5 Å². The van der Waals surface area contributed by atoms with Crippen LogP contribution >= 0.6 is 0 Å². The number of phenolic OH excluding ortho intramolecular Hbond substituents is 3. The van der Waals surface area contributed by atoms with Crippen LogP contribution in [-0.4, -0.2) is 29.5 Å². The van der Waals surface area contributed by atoms with Gasteiger partial charge in [0.15, 0.2) is 0 Å². The smallest absolute Gasteiger partial charge is 0.262 e. The quantitative estimate of drug-likeness (QED) is 0.281. The maximum absolute atomic E-state index is 12.9. The molecule has 0 saturated heterocycles. The lowest BCUT2D eigenvalue weighted by atomic mass is 10.1. The Bertz CT molecular complexity index is 1170. The van der Waals surface area contributed by atoms with Gasteiger partial charge in [0.1, 0.15) is 17.2 Å². The van der Waals surface area contributed by atoms with Gasteiger partial charge in [-0.3, -0.25) is 9.52 Å². The van der Waals surface area contributed by atoms with Gasteiger partial charge < -0.3 is 15.3 Å². The Morgan fingerprint density at radius 2 is 1.45 bits per heavy atom. The number of carbonyl (C=O) groups is 1. The first-order valence-corrected chi connectivity index (χ1v) is 9.90. The highest BCUT2D eigenvalue weighted by molar-refractivity contribution is 7.89. The lowest BCUT2D eigenvalue weighted by molar-refractivity contribution is 0.103. The molecule has 0 heterocycles. The molecule has 0 unspecified atom stereocenters. The van der Waals surface area contributed by atoms with Crippen LogP contribution in [0.3, 0.4) is 0 Å². The van der Waals surface area contributed by atoms with Crippen molar-refractivity contribution in [2.24, 2.45) is 0 Å². The Labute approximate surface area is 167 Å². The monoisotopic (exact) mass is 411 g/mol. The van der Waals surface area contributed by atoms with Crippen LogP contribution in [0.5, 0.6) is 17.2 Å². The van der Waals surface area contributed by atoms with E-state index < -0.39 is 15.8 Å². The second-order valence-corrected chi connectivity index (χ2v) is 7.78. The molecule has 0 amide bonds. The topological polar surface area (TPSA) is 124 Å². The minimum atomic E-state index is -4.17. The first kappa shape index (κ1) is 20.0. The molecule has 0 fully saturated rings. The summed E-state index contributed by atoms with van der Waals surface area (Å²) in [5.74, 6) is -1.15. The predicted molar refractivity (Wildman–Crippen MR) is 107 cm³/mol. The zero-order valence-electron chi connectivity index (χ0n) is 15.0. The number of benzene rings is 3. The summed E-state index contributed by atoms with van der Waals surface area (Å²) in [7, 11) is -4.17. The van der Waals surface area contributed by atoms with Crippen LogP contribution in [0.2, 0.25) is 0 Å². The van der Waals surface area contributed by atoms with Crippen molar-refractivity contribution in [2.75, 3.05) is 0 Å². The van der Waals surface area contributed by atoms with Gasteiger partial charge in [-0.1, -0.05) is 30.3 Å². The highest BCUT2D eigenvalue weighted by atomic mass is 32.2. The molecule has 0 aliphatic carbocycles. The Balaban J connectivity index is 2.07. The van der Waals surface area contributed by atoms with Gasteiger partial charge in [0.25, 0.3) is 10.0 Å². The molecule has 0 aromatic heterocycles. The number of nitrogens with one attached hydrogen (secondary N) is 1. The van der Waals surface area contributed by atoms with Crippen LogP contribution in [0.1, 0.15) is 15.9 Å². The third-order valence-electron chi connectivity index (χ3n) is 3.98. The normalized spacial score (nSPS) is 11.8. The van der Waals surface area contributed by atoms with Crippen LogP contribution in [0.15, 0.2) is 83.4 Å². The van der Waals surface area contributed by atoms with Crippen LogP contribution in [0.25, 0.3) is 6.08 Å². The average molecular weight is 411 g/mol. The molecule has 0 saturated carbocycles. The Morgan fingerprint density at radius 1 is 0.828 bits per heavy atom. The maximum Gasteiger partial charge on any atom is 0.262 e. The van der Waals surface area contributed by atoms with Crippen molar-refractivity contribution >= 4 is 21.9 Å². The average Bonchev–Trinajstić information content (AvgIpc) is 2.70. The van der Waals surface area contributed by atoms with E-state index in [1.54, 1.807) is 18.2 Å². The molecule has 148 valence electrons. The summed E-state index contributed by atoms with van der Waals surface area (Å²) >= 11 is 0. The van der Waals surface area contributed by atoms with E-state index in [4.69, 9.17) is 0 Å². The van der Waals surface area contributed by atoms with Crippen molar-refractivity contribution in [1.82, 2.24) is 4.72 Å². The van der Waals surface area contributed by atoms with Crippen LogP contribution < -0.4 is 4.72 Å². The highest BCUT2D eigenvalue weighted by Crippen LogP contribution is 2.25. The number of rotatable bonds is 6. The SMILES string of the molecule is O=C(C(=Cc1cc(O)ccc1O)NS(=O)(=O)c1ccc(O)cc1)c1ccccc1. The molecule has 7 nitrogen and oxygen atoms in total. The molecule has 4 N–H and O–H groups in total. The molecule has 0 atom stereocenters. The minimum absolute atomic E-state index is 0.0534. The van der Waals surface area contributed by atoms with Gasteiger partial charge in [0.05, 0.1) is 10.6 Å². The number of allylic oxidation sites excluding steroid dienone is 1. The summed E-state index contributed by atoms with van der Waals surface area (Å²) in [5.41, 5.74) is -0.0466. The molecule has 8 heteroatoms. The Hall–Kier alpha value is -3.78. The summed E-state index contributed by atoms with van der Waals surface area (Å²) in [5, 5.41) is 29.0. The summed E-state index contributed by atoms with van der Waals surface area (Å²) in [4.78, 5) is 12.8. The maximum atomic E-state index is 12.9. The zero-order chi connectivity index (χ0) is 21.0. The van der Waals surface area contributed by atoms with Gasteiger partial charge >= 0.3 is 0 Å². The Kier molecular flexibility index (Phi) is 5.56. The van der Waals surface area contributed by atoms with E-state index in [-0.39, 0.29) is 39.0 Å². The number of hydrogen-bond acceptors (Lipinski definition) is 6. The molecule has 29 heavy (non-hydrogen) atoms. The second-order valence-electron chi connectivity index (χ2n) is 6.10. The predicted octanol–water partition coefficient (Wildman–Crippen LogP) is 3.01. The molecule has 0 bridgehead atoms. The lowest BCUT2D eigenvalue weighted by Gasteiger charge is -2.12. The molecule has 0 radical (unpaired) electrons. The minimum Gasteiger partial charge on any atom is -0.508 e. The molecule has 3 rings (SSSR count). The third-order valence-corrected chi connectivity index (χ3v) is 5.36. The van der Waals surface area contributed by atoms with E-state index in [1.807, 2.05) is 0 Å². The van der Waals surface area contributed by atoms with Gasteiger partial charge in [0, 0.05) is 11.1 Å². The van der Waals surface area contributed by atoms with Gasteiger partial charge in [-0.2, -0.15) is 0 Å². The van der Waals surface area contributed by atoms with Crippen molar-refractivity contribution in [3.05, 3.63) is 89.6 Å². The van der Waals surface area contributed by atoms with E-state index in [2.05, 4.69) is 4.72 Å². The molecular formula is C21H17NO6S. The Morgan fingerprint density at radius 3 is 2.10 bits per heavy atom. The first-order valence-electron chi connectivity index (χ1n) is 8.41. The van der Waals surface area contributed by atoms with Crippen molar-refractivity contribution in [3.8, 4) is 17.2 Å². The molecule has 0 aliphatic heterocycles. The van der Waals surface area contributed by atoms with Crippen molar-refractivity contribution < 1.29 is 28.5 Å². The van der Waals surface area contributed by atoms with E-state index >= 15 is 0 Å². The summed E-state index contributed by atoms with van der Waals surface area (Å²) in [6.07, 6.45) is 1.14. The third kappa shape index (κ3) is 4.74. The van der Waals surface area contributed by atoms with Gasteiger partial charge in [-0.25, -0.2) is 8.42 Å². The number of hydrogen-bond donors (Lipinski definition) is 4. The van der Waals surface area contributed by atoms with E-state index in [0.717, 1.165) is 6.08 Å². The van der Waals surface area contributed by atoms with Crippen LogP contribution in [0.4, 0.5) is 0 Å². The summed E-state index contributed by atoms with van der Waals surface area (Å²) < 4.78 is 27.7. The van der Waals surface area contributed by atoms with Crippen LogP contribution in [-0.2, 0) is 10.0 Å². The summed E-state index contributed by atoms with van der Waals surface area (Å²) in [6.45, 7) is 0. The number of sulfonamides is 1. The number of Topliss-reactive ketones (excluding diaryl/α,β-unsaturated/α-hetero) is 1. The second kappa shape index (κ2) is 8.07. The van der Waals surface area contributed by atoms with Gasteiger partial charge in [-0.15, -0.1) is 0 Å². The fourth-order valence-electron chi connectivity index (χ4n) is 2.53. The molecule has 3 aromatic rings. The number of aromatic hydroxyl groups is 3. The highest BCUT2D eigenvalue weighted by Gasteiger charge is 2.21. The largest absolute Gasteiger partial charge is 0.508 e. The van der Waals surface area contributed by atoms with Crippen molar-refractivity contribution in [2.45, 2.75) is 4.90 Å². The fourth-order valence-corrected chi connectivity index (χ4v) is 3.58. The van der Waals surface area contributed by atoms with Crippen LogP contribution in [0, 0.1) is 0 Å². The van der Waals surface area contributed by atoms with Crippen molar-refractivity contribution in [3.63, 3.8) is 0 Å². The molecule has 3 aromatic carbocycles. The fraction of sp³-hybridized carbons (Fsp3) is 0. The summed E-state index contributed by atoms with van der Waals surface area (Å²) in [6, 6.07) is 16.5. The standard InChI is InChI=1S/C21H17NO6S/c23-16-6-9-18(10-7-16)29(27,28)22-19(21(26)14-4-2-1-3-5-14)13-15-12-17(24)8-11-20(15)25/h1-13,22-25H. The lowest BCUT2D eigenvalue weighted by Crippen LogP contribution is -2.27. The first-order chi connectivity index (χ1) is 13.8. The zero-order valence-corrected chi connectivity index (χ0v) is 15.8. The number of phenols is 3. The molecule has 0 aliphatic rings. The van der Waals surface area contributed by atoms with E-state index in [1.165, 1.54) is 54.6 Å². The molecular weight excluding hydrogens is 394 g/mol. The number of carbonyl (C=O) groups excluding carboxylic acids is 1.